The molecule has 2 heterocycles. The maximum absolute atomic E-state index is 12.3. The first kappa shape index (κ1) is 21.7. The van der Waals surface area contributed by atoms with Gasteiger partial charge in [0.15, 0.2) is 6.61 Å². The molecule has 0 bridgehead atoms. The Kier molecular flexibility index (Phi) is 6.43. The molecule has 1 aromatic heterocycles. The molecule has 31 heavy (non-hydrogen) atoms. The summed E-state index contributed by atoms with van der Waals surface area (Å²) in [6.45, 7) is 0.676. The number of nitro benzene ring substituents is 1. The van der Waals surface area contributed by atoms with Crippen molar-refractivity contribution in [3.05, 3.63) is 63.0 Å². The van der Waals surface area contributed by atoms with Gasteiger partial charge in [-0.3, -0.25) is 19.7 Å². The molecule has 1 aliphatic heterocycles. The first-order chi connectivity index (χ1) is 14.8. The van der Waals surface area contributed by atoms with Crippen LogP contribution in [0.5, 0.6) is 0 Å². The maximum Gasteiger partial charge on any atom is 0.338 e. The van der Waals surface area contributed by atoms with E-state index in [4.69, 9.17) is 4.74 Å². The molecular formula is C20H19N3O8. The highest BCUT2D eigenvalue weighted by Crippen LogP contribution is 2.19. The van der Waals surface area contributed by atoms with Crippen LogP contribution in [0, 0.1) is 10.1 Å². The summed E-state index contributed by atoms with van der Waals surface area (Å²) < 4.78 is 9.46. The molecule has 1 amide bonds. The molecule has 11 heteroatoms. The molecule has 0 atom stereocenters. The fraction of sp³-hybridized carbons (Fsp3) is 0.300. The Morgan fingerprint density at radius 1 is 1.03 bits per heavy atom. The van der Waals surface area contributed by atoms with Gasteiger partial charge in [0.25, 0.3) is 11.6 Å². The number of nitrogens with one attached hydrogen (secondary N) is 1. The number of rotatable bonds is 7. The molecule has 1 saturated heterocycles. The predicted octanol–water partition coefficient (Wildman–Crippen LogP) is 1.99. The number of ketones is 1. The minimum absolute atomic E-state index is 0.157. The Hall–Kier alpha value is -4.02. The monoisotopic (exact) mass is 429 g/mol. The molecule has 0 radical (unpaired) electrons. The highest BCUT2D eigenvalue weighted by atomic mass is 16.6. The Morgan fingerprint density at radius 3 is 2.29 bits per heavy atom. The number of methoxy groups -OCH3 is 1. The summed E-state index contributed by atoms with van der Waals surface area (Å²) in [7, 11) is 1.09. The Morgan fingerprint density at radius 2 is 1.68 bits per heavy atom. The van der Waals surface area contributed by atoms with E-state index in [1.54, 1.807) is 4.90 Å². The van der Waals surface area contributed by atoms with Crippen molar-refractivity contribution >= 4 is 29.3 Å². The fourth-order valence-electron chi connectivity index (χ4n) is 3.14. The Balaban J connectivity index is 1.67. The van der Waals surface area contributed by atoms with Crippen LogP contribution in [0.2, 0.25) is 0 Å². The van der Waals surface area contributed by atoms with Crippen LogP contribution in [0.3, 0.4) is 0 Å². The number of amides is 1. The van der Waals surface area contributed by atoms with Crippen molar-refractivity contribution in [2.75, 3.05) is 26.8 Å². The molecule has 1 aromatic carbocycles. The molecule has 1 aliphatic rings. The van der Waals surface area contributed by atoms with E-state index in [1.165, 1.54) is 12.3 Å². The molecule has 0 aliphatic carbocycles. The smallest absolute Gasteiger partial charge is 0.338 e. The molecule has 3 rings (SSSR count). The van der Waals surface area contributed by atoms with Crippen LogP contribution in [-0.2, 0) is 9.47 Å². The minimum Gasteiger partial charge on any atom is -0.465 e. The number of likely N-dealkylation sites (tertiary alicyclic amines) is 1. The number of ether oxygens (including phenoxy) is 2. The third kappa shape index (κ3) is 4.94. The molecule has 11 nitrogen and oxygen atoms in total. The number of hydrogen-bond donors (Lipinski definition) is 1. The van der Waals surface area contributed by atoms with Gasteiger partial charge in [-0.1, -0.05) is 0 Å². The van der Waals surface area contributed by atoms with Gasteiger partial charge in [0.1, 0.15) is 5.69 Å². The van der Waals surface area contributed by atoms with E-state index in [-0.39, 0.29) is 28.3 Å². The summed E-state index contributed by atoms with van der Waals surface area (Å²) in [5.74, 6) is -2.66. The van der Waals surface area contributed by atoms with Gasteiger partial charge < -0.3 is 19.4 Å². The van der Waals surface area contributed by atoms with Crippen molar-refractivity contribution < 1.29 is 33.6 Å². The van der Waals surface area contributed by atoms with Crippen LogP contribution in [0.15, 0.2) is 30.5 Å². The minimum atomic E-state index is -1.02. The van der Waals surface area contributed by atoms with E-state index >= 15 is 0 Å². The van der Waals surface area contributed by atoms with Crippen molar-refractivity contribution in [2.45, 2.75) is 12.8 Å². The topological polar surface area (TPSA) is 149 Å². The number of H-pyrrole nitrogens is 1. The lowest BCUT2D eigenvalue weighted by Gasteiger charge is -2.13. The molecule has 1 fully saturated rings. The van der Waals surface area contributed by atoms with E-state index in [9.17, 15) is 29.3 Å². The van der Waals surface area contributed by atoms with Crippen molar-refractivity contribution in [3.8, 4) is 0 Å². The summed E-state index contributed by atoms with van der Waals surface area (Å²) in [5.41, 5.74) is -0.563. The molecule has 0 unspecified atom stereocenters. The Labute approximate surface area is 176 Å². The van der Waals surface area contributed by atoms with Crippen LogP contribution >= 0.6 is 0 Å². The lowest BCUT2D eigenvalue weighted by molar-refractivity contribution is -0.384. The van der Waals surface area contributed by atoms with Crippen molar-refractivity contribution in [1.29, 1.82) is 0 Å². The number of Topliss-reactive ketones (excluding diaryl/α,β-unsaturated/α-hetero) is 1. The second-order valence-corrected chi connectivity index (χ2v) is 6.82. The van der Waals surface area contributed by atoms with Crippen LogP contribution < -0.4 is 0 Å². The normalized spacial score (nSPS) is 13.0. The van der Waals surface area contributed by atoms with Gasteiger partial charge in [0.05, 0.1) is 23.2 Å². The fourth-order valence-corrected chi connectivity index (χ4v) is 3.14. The number of esters is 2. The standard InChI is InChI=1S/C20H19N3O8/c1-30-19(26)12-6-13(8-15(7-12)23(28)29)20(27)31-11-17(24)14-9-16(21-10-14)18(25)22-4-2-3-5-22/h6-10,21H,2-5,11H2,1H3. The SMILES string of the molecule is COC(=O)c1cc(C(=O)OCC(=O)c2c[nH]c(C(=O)N3CCCC3)c2)cc([N+](=O)[O-])c1. The average molecular weight is 429 g/mol. The van der Waals surface area contributed by atoms with E-state index < -0.39 is 34.9 Å². The predicted molar refractivity (Wildman–Crippen MR) is 105 cm³/mol. The van der Waals surface area contributed by atoms with Crippen molar-refractivity contribution in [1.82, 2.24) is 9.88 Å². The quantitative estimate of drug-likeness (QED) is 0.304. The number of aromatic amines is 1. The molecule has 0 spiro atoms. The average Bonchev–Trinajstić information content (AvgIpc) is 3.48. The second kappa shape index (κ2) is 9.20. The first-order valence-corrected chi connectivity index (χ1v) is 9.36. The van der Waals surface area contributed by atoms with Crippen LogP contribution in [0.4, 0.5) is 5.69 Å². The van der Waals surface area contributed by atoms with Gasteiger partial charge in [0.2, 0.25) is 5.78 Å². The number of non-ortho nitro benzene ring substituents is 1. The van der Waals surface area contributed by atoms with Gasteiger partial charge in [-0.15, -0.1) is 0 Å². The third-order valence-corrected chi connectivity index (χ3v) is 4.75. The number of nitro groups is 1. The molecule has 162 valence electrons. The number of carbonyl (C=O) groups excluding carboxylic acids is 4. The van der Waals surface area contributed by atoms with Gasteiger partial charge >= 0.3 is 11.9 Å². The largest absolute Gasteiger partial charge is 0.465 e. The van der Waals surface area contributed by atoms with Crippen LogP contribution in [0.1, 0.15) is 54.4 Å². The third-order valence-electron chi connectivity index (χ3n) is 4.75. The van der Waals surface area contributed by atoms with Crippen LogP contribution in [-0.4, -0.2) is 65.2 Å². The molecule has 1 N–H and O–H groups in total. The van der Waals surface area contributed by atoms with Crippen molar-refractivity contribution in [3.63, 3.8) is 0 Å². The van der Waals surface area contributed by atoms with E-state index in [0.29, 0.717) is 13.1 Å². The zero-order chi connectivity index (χ0) is 22.5. The zero-order valence-corrected chi connectivity index (χ0v) is 16.6. The van der Waals surface area contributed by atoms with Gasteiger partial charge in [-0.25, -0.2) is 9.59 Å². The van der Waals surface area contributed by atoms with Gasteiger partial charge in [-0.05, 0) is 25.0 Å². The lowest BCUT2D eigenvalue weighted by atomic mass is 10.1. The number of benzene rings is 1. The number of hydrogen-bond acceptors (Lipinski definition) is 8. The number of aromatic nitrogens is 1. The highest BCUT2D eigenvalue weighted by molar-refractivity contribution is 6.02. The second-order valence-electron chi connectivity index (χ2n) is 6.82. The summed E-state index contributed by atoms with van der Waals surface area (Å²) in [6.07, 6.45) is 3.22. The Bertz CT molecular complexity index is 1050. The van der Waals surface area contributed by atoms with Gasteiger partial charge in [0, 0.05) is 37.0 Å². The highest BCUT2D eigenvalue weighted by Gasteiger charge is 2.23. The first-order valence-electron chi connectivity index (χ1n) is 9.36. The van der Waals surface area contributed by atoms with Gasteiger partial charge in [-0.2, -0.15) is 0 Å². The summed E-state index contributed by atoms with van der Waals surface area (Å²) in [6, 6.07) is 4.36. The number of carbonyl (C=O) groups is 4. The molecule has 0 saturated carbocycles. The van der Waals surface area contributed by atoms with Crippen LogP contribution in [0.25, 0.3) is 0 Å². The lowest BCUT2D eigenvalue weighted by Crippen LogP contribution is -2.27. The molecular weight excluding hydrogens is 410 g/mol. The van der Waals surface area contributed by atoms with Crippen molar-refractivity contribution in [2.24, 2.45) is 0 Å². The van der Waals surface area contributed by atoms with E-state index in [2.05, 4.69) is 9.72 Å². The zero-order valence-electron chi connectivity index (χ0n) is 16.6. The maximum atomic E-state index is 12.3. The van der Waals surface area contributed by atoms with E-state index in [1.807, 2.05) is 0 Å². The summed E-state index contributed by atoms with van der Waals surface area (Å²) in [4.78, 5) is 63.4. The molecule has 2 aromatic rings. The summed E-state index contributed by atoms with van der Waals surface area (Å²) in [5, 5.41) is 11.1. The number of nitrogens with zero attached hydrogens (tertiary/aromatic N) is 2. The van der Waals surface area contributed by atoms with E-state index in [0.717, 1.165) is 38.2 Å². The summed E-state index contributed by atoms with van der Waals surface area (Å²) >= 11 is 0.